The second-order valence-electron chi connectivity index (χ2n) is 5.83. The predicted molar refractivity (Wildman–Crippen MR) is 97.5 cm³/mol. The van der Waals surface area contributed by atoms with Crippen molar-refractivity contribution in [1.82, 2.24) is 9.80 Å². The lowest BCUT2D eigenvalue weighted by Crippen LogP contribution is -2.49. The van der Waals surface area contributed by atoms with E-state index in [1.54, 1.807) is 19.1 Å². The van der Waals surface area contributed by atoms with Gasteiger partial charge < -0.3 is 4.90 Å². The zero-order valence-electron chi connectivity index (χ0n) is 16.2. The van der Waals surface area contributed by atoms with Crippen LogP contribution in [0, 0.1) is 11.8 Å². The van der Waals surface area contributed by atoms with Gasteiger partial charge in [0.25, 0.3) is 0 Å². The smallest absolute Gasteiger partial charge is 0.300 e. The highest BCUT2D eigenvalue weighted by Crippen LogP contribution is 2.37. The van der Waals surface area contributed by atoms with Crippen LogP contribution in [-0.4, -0.2) is 61.9 Å². The molecule has 25 heavy (non-hydrogen) atoms. The van der Waals surface area contributed by atoms with Gasteiger partial charge in [-0.25, -0.2) is 4.39 Å². The van der Waals surface area contributed by atoms with E-state index in [0.717, 1.165) is 13.1 Å². The highest BCUT2D eigenvalue weighted by Gasteiger charge is 2.43. The Hall–Kier alpha value is -0.880. The lowest BCUT2D eigenvalue weighted by molar-refractivity contribution is -0.172. The number of hydrogen-bond acceptors (Lipinski definition) is 2. The lowest BCUT2D eigenvalue weighted by atomic mass is 9.85. The van der Waals surface area contributed by atoms with Crippen LogP contribution in [0.5, 0.6) is 0 Å². The van der Waals surface area contributed by atoms with E-state index in [1.807, 2.05) is 32.6 Å². The van der Waals surface area contributed by atoms with Gasteiger partial charge in [-0.2, -0.15) is 13.2 Å². The van der Waals surface area contributed by atoms with E-state index in [-0.39, 0.29) is 6.67 Å². The van der Waals surface area contributed by atoms with Crippen molar-refractivity contribution in [3.63, 3.8) is 0 Å². The van der Waals surface area contributed by atoms with E-state index in [1.165, 1.54) is 6.08 Å². The maximum atomic E-state index is 13.1. The normalized spacial score (nSPS) is 24.6. The van der Waals surface area contributed by atoms with Crippen LogP contribution in [0.25, 0.3) is 0 Å². The quantitative estimate of drug-likeness (QED) is 0.651. The molecule has 1 heterocycles. The fourth-order valence-electron chi connectivity index (χ4n) is 2.98. The summed E-state index contributed by atoms with van der Waals surface area (Å²) >= 11 is 0. The summed E-state index contributed by atoms with van der Waals surface area (Å²) in [6, 6.07) is 0. The number of hydrogen-bond donors (Lipinski definition) is 0. The van der Waals surface area contributed by atoms with Gasteiger partial charge in [-0.3, -0.25) is 4.90 Å². The topological polar surface area (TPSA) is 6.48 Å². The van der Waals surface area contributed by atoms with E-state index in [2.05, 4.69) is 4.90 Å². The largest absolute Gasteiger partial charge is 0.395 e. The molecule has 0 bridgehead atoms. The van der Waals surface area contributed by atoms with Gasteiger partial charge in [0, 0.05) is 45.2 Å². The van der Waals surface area contributed by atoms with Gasteiger partial charge in [0.05, 0.1) is 5.92 Å². The molecule has 0 aromatic rings. The monoisotopic (exact) mass is 366 g/mol. The summed E-state index contributed by atoms with van der Waals surface area (Å²) < 4.78 is 51.7. The molecule has 2 atom stereocenters. The molecule has 2 aliphatic rings. The van der Waals surface area contributed by atoms with Crippen LogP contribution >= 0.6 is 0 Å². The van der Waals surface area contributed by atoms with E-state index in [4.69, 9.17) is 0 Å². The number of rotatable bonds is 4. The van der Waals surface area contributed by atoms with E-state index in [0.29, 0.717) is 31.8 Å². The van der Waals surface area contributed by atoms with Crippen molar-refractivity contribution in [3.8, 4) is 0 Å². The van der Waals surface area contributed by atoms with E-state index < -0.39 is 18.0 Å². The minimum Gasteiger partial charge on any atom is -0.300 e. The fourth-order valence-corrected chi connectivity index (χ4v) is 2.98. The Morgan fingerprint density at radius 1 is 1.00 bits per heavy atom. The van der Waals surface area contributed by atoms with Crippen LogP contribution in [0.1, 0.15) is 34.6 Å². The Morgan fingerprint density at radius 2 is 1.52 bits per heavy atom. The standard InChI is InChI=1S/C15H22F4N2.2C2H6/c1-12-2-3-13(14(10-12)15(17,18)19)11-21-8-6-20(5-4-16)7-9-21;2*1-2/h2-3,10,13-14H,4-9,11H2,1H3;2*1-2H3. The number of allylic oxidation sites excluding steroid dienone is 3. The molecule has 0 amide bonds. The molecule has 1 fully saturated rings. The minimum atomic E-state index is -4.20. The molecule has 1 aliphatic heterocycles. The molecular formula is C19H34F4N2. The highest BCUT2D eigenvalue weighted by atomic mass is 19.4. The SMILES string of the molecule is CC.CC.CC1=CC(C(F)(F)F)C(CN2CCN(CCF)CC2)C=C1. The van der Waals surface area contributed by atoms with Crippen LogP contribution in [0.2, 0.25) is 0 Å². The molecule has 0 aromatic carbocycles. The Bertz CT molecular complexity index is 397. The summed E-state index contributed by atoms with van der Waals surface area (Å²) in [6.07, 6.45) is 0.574. The first-order valence-corrected chi connectivity index (χ1v) is 9.34. The minimum absolute atomic E-state index is 0.369. The van der Waals surface area contributed by atoms with Gasteiger partial charge in [0.1, 0.15) is 6.67 Å². The zero-order chi connectivity index (χ0) is 19.5. The number of halogens is 4. The molecule has 1 aliphatic carbocycles. The Labute approximate surface area is 150 Å². The molecule has 6 heteroatoms. The third kappa shape index (κ3) is 8.36. The second-order valence-corrected chi connectivity index (χ2v) is 5.83. The summed E-state index contributed by atoms with van der Waals surface area (Å²) in [5.74, 6) is -1.92. The summed E-state index contributed by atoms with van der Waals surface area (Å²) in [7, 11) is 0. The Kier molecular flexibility index (Phi) is 12.0. The van der Waals surface area contributed by atoms with Crippen molar-refractivity contribution in [1.29, 1.82) is 0 Å². The van der Waals surface area contributed by atoms with Gasteiger partial charge >= 0.3 is 6.18 Å². The molecule has 0 aromatic heterocycles. The van der Waals surface area contributed by atoms with Gasteiger partial charge in [0.15, 0.2) is 0 Å². The first-order chi connectivity index (χ1) is 11.9. The second kappa shape index (κ2) is 12.5. The molecule has 2 nitrogen and oxygen atoms in total. The van der Waals surface area contributed by atoms with Gasteiger partial charge in [-0.05, 0) is 6.92 Å². The summed E-state index contributed by atoms with van der Waals surface area (Å²) in [5.41, 5.74) is 0.668. The molecule has 0 N–H and O–H groups in total. The van der Waals surface area contributed by atoms with Crippen molar-refractivity contribution in [3.05, 3.63) is 23.8 Å². The third-order valence-corrected chi connectivity index (χ3v) is 4.22. The maximum absolute atomic E-state index is 13.1. The molecule has 0 saturated carbocycles. The van der Waals surface area contributed by atoms with Crippen LogP contribution in [0.4, 0.5) is 17.6 Å². The van der Waals surface area contributed by atoms with Crippen LogP contribution in [0.3, 0.4) is 0 Å². The van der Waals surface area contributed by atoms with Crippen LogP contribution < -0.4 is 0 Å². The predicted octanol–water partition coefficient (Wildman–Crippen LogP) is 4.94. The summed E-state index contributed by atoms with van der Waals surface area (Å²) in [4.78, 5) is 4.06. The summed E-state index contributed by atoms with van der Waals surface area (Å²) in [5, 5.41) is 0. The zero-order valence-corrected chi connectivity index (χ0v) is 16.2. The number of alkyl halides is 4. The first-order valence-electron chi connectivity index (χ1n) is 9.34. The highest BCUT2D eigenvalue weighted by molar-refractivity contribution is 5.25. The molecule has 2 unspecified atom stereocenters. The molecule has 1 saturated heterocycles. The van der Waals surface area contributed by atoms with Crippen molar-refractivity contribution >= 4 is 0 Å². The average molecular weight is 366 g/mol. The molecule has 2 rings (SSSR count). The Balaban J connectivity index is 0.00000134. The Morgan fingerprint density at radius 3 is 2.00 bits per heavy atom. The van der Waals surface area contributed by atoms with Gasteiger partial charge in [-0.15, -0.1) is 0 Å². The summed E-state index contributed by atoms with van der Waals surface area (Å²) in [6.45, 7) is 13.0. The van der Waals surface area contributed by atoms with Gasteiger partial charge in [-0.1, -0.05) is 51.5 Å². The molecule has 148 valence electrons. The maximum Gasteiger partial charge on any atom is 0.395 e. The lowest BCUT2D eigenvalue weighted by Gasteiger charge is -2.37. The number of piperazine rings is 1. The van der Waals surface area contributed by atoms with Crippen LogP contribution in [0.15, 0.2) is 23.8 Å². The van der Waals surface area contributed by atoms with Crippen LogP contribution in [-0.2, 0) is 0 Å². The van der Waals surface area contributed by atoms with Crippen molar-refractivity contribution in [2.45, 2.75) is 40.8 Å². The van der Waals surface area contributed by atoms with Crippen molar-refractivity contribution in [2.24, 2.45) is 11.8 Å². The molecular weight excluding hydrogens is 332 g/mol. The van der Waals surface area contributed by atoms with E-state index in [9.17, 15) is 17.6 Å². The average Bonchev–Trinajstić information content (AvgIpc) is 2.61. The van der Waals surface area contributed by atoms with Crippen molar-refractivity contribution in [2.75, 3.05) is 45.9 Å². The van der Waals surface area contributed by atoms with Crippen molar-refractivity contribution < 1.29 is 17.6 Å². The fraction of sp³-hybridized carbons (Fsp3) is 0.789. The third-order valence-electron chi connectivity index (χ3n) is 4.22. The van der Waals surface area contributed by atoms with E-state index >= 15 is 0 Å². The molecule has 0 spiro atoms. The number of nitrogens with zero attached hydrogens (tertiary/aromatic N) is 2. The first kappa shape index (κ1) is 24.1. The molecule has 0 radical (unpaired) electrons. The van der Waals surface area contributed by atoms with Gasteiger partial charge in [0.2, 0.25) is 0 Å².